The molecular formula is C21H23N5O2. The van der Waals surface area contributed by atoms with Crippen LogP contribution in [0, 0.1) is 0 Å². The monoisotopic (exact) mass is 377 g/mol. The first-order chi connectivity index (χ1) is 13.6. The van der Waals surface area contributed by atoms with Gasteiger partial charge in [-0.25, -0.2) is 9.78 Å². The number of esters is 1. The number of pyridine rings is 1. The second-order valence-electron chi connectivity index (χ2n) is 6.32. The summed E-state index contributed by atoms with van der Waals surface area (Å²) >= 11 is 0. The Morgan fingerprint density at radius 3 is 2.54 bits per heavy atom. The minimum Gasteiger partial charge on any atom is -0.465 e. The Bertz CT molecular complexity index is 929. The van der Waals surface area contributed by atoms with Crippen molar-refractivity contribution in [2.75, 3.05) is 17.7 Å². The molecule has 0 spiro atoms. The van der Waals surface area contributed by atoms with Crippen LogP contribution in [-0.2, 0) is 4.74 Å². The van der Waals surface area contributed by atoms with Crippen molar-refractivity contribution in [1.82, 2.24) is 15.0 Å². The van der Waals surface area contributed by atoms with Gasteiger partial charge in [-0.15, -0.1) is 0 Å². The molecule has 7 nitrogen and oxygen atoms in total. The molecule has 28 heavy (non-hydrogen) atoms. The molecule has 0 aliphatic rings. The third-order valence-electron chi connectivity index (χ3n) is 4.22. The quantitative estimate of drug-likeness (QED) is 0.594. The molecule has 0 aliphatic heterocycles. The molecule has 0 bridgehead atoms. The van der Waals surface area contributed by atoms with Crippen LogP contribution < -0.4 is 10.6 Å². The van der Waals surface area contributed by atoms with E-state index in [9.17, 15) is 4.79 Å². The minimum absolute atomic E-state index is 0.242. The molecule has 1 aromatic carbocycles. The van der Waals surface area contributed by atoms with Crippen molar-refractivity contribution >= 4 is 23.4 Å². The molecule has 3 rings (SSSR count). The van der Waals surface area contributed by atoms with Crippen LogP contribution in [0.3, 0.4) is 0 Å². The van der Waals surface area contributed by atoms with Crippen molar-refractivity contribution < 1.29 is 9.53 Å². The van der Waals surface area contributed by atoms with Gasteiger partial charge in [-0.2, -0.15) is 4.98 Å². The van der Waals surface area contributed by atoms with Crippen LogP contribution in [0.25, 0.3) is 11.4 Å². The SMILES string of the molecule is CC[C@H](C)Nc1nc(Nc2ccc(C(=O)OC)cc2)cc(-c2ccccn2)n1. The van der Waals surface area contributed by atoms with Gasteiger partial charge in [-0.3, -0.25) is 4.98 Å². The van der Waals surface area contributed by atoms with Gasteiger partial charge in [0, 0.05) is 24.0 Å². The zero-order valence-corrected chi connectivity index (χ0v) is 16.1. The summed E-state index contributed by atoms with van der Waals surface area (Å²) in [6, 6.07) is 14.8. The molecule has 0 aliphatic carbocycles. The van der Waals surface area contributed by atoms with Crippen molar-refractivity contribution in [3.63, 3.8) is 0 Å². The van der Waals surface area contributed by atoms with Crippen molar-refractivity contribution in [1.29, 1.82) is 0 Å². The first-order valence-electron chi connectivity index (χ1n) is 9.11. The smallest absolute Gasteiger partial charge is 0.337 e. The van der Waals surface area contributed by atoms with Crippen molar-refractivity contribution in [2.24, 2.45) is 0 Å². The summed E-state index contributed by atoms with van der Waals surface area (Å²) in [5.74, 6) is 0.796. The predicted octanol–water partition coefficient (Wildman–Crippen LogP) is 4.28. The highest BCUT2D eigenvalue weighted by molar-refractivity contribution is 5.89. The van der Waals surface area contributed by atoms with E-state index in [0.29, 0.717) is 17.3 Å². The maximum absolute atomic E-state index is 11.6. The third-order valence-corrected chi connectivity index (χ3v) is 4.22. The summed E-state index contributed by atoms with van der Waals surface area (Å²) in [7, 11) is 1.36. The van der Waals surface area contributed by atoms with E-state index in [0.717, 1.165) is 23.5 Å². The Labute approximate surface area is 164 Å². The molecule has 3 aromatic rings. The van der Waals surface area contributed by atoms with Crippen molar-refractivity contribution in [2.45, 2.75) is 26.3 Å². The number of nitrogens with one attached hydrogen (secondary N) is 2. The van der Waals surface area contributed by atoms with E-state index in [1.807, 2.05) is 24.3 Å². The van der Waals surface area contributed by atoms with Crippen LogP contribution in [0.1, 0.15) is 30.6 Å². The lowest BCUT2D eigenvalue weighted by Gasteiger charge is -2.14. The topological polar surface area (TPSA) is 89.0 Å². The molecule has 0 fully saturated rings. The second-order valence-corrected chi connectivity index (χ2v) is 6.32. The lowest BCUT2D eigenvalue weighted by Crippen LogP contribution is -2.16. The van der Waals surface area contributed by atoms with Gasteiger partial charge in [-0.05, 0) is 49.7 Å². The number of benzene rings is 1. The van der Waals surface area contributed by atoms with Crippen LogP contribution in [-0.4, -0.2) is 34.1 Å². The summed E-state index contributed by atoms with van der Waals surface area (Å²) in [4.78, 5) is 25.1. The number of nitrogens with zero attached hydrogens (tertiary/aromatic N) is 3. The number of carbonyl (C=O) groups excluding carboxylic acids is 1. The normalized spacial score (nSPS) is 11.5. The number of anilines is 3. The number of hydrogen-bond acceptors (Lipinski definition) is 7. The molecule has 0 radical (unpaired) electrons. The highest BCUT2D eigenvalue weighted by atomic mass is 16.5. The van der Waals surface area contributed by atoms with Crippen molar-refractivity contribution in [3.05, 3.63) is 60.3 Å². The van der Waals surface area contributed by atoms with Gasteiger partial charge in [0.15, 0.2) is 0 Å². The van der Waals surface area contributed by atoms with E-state index >= 15 is 0 Å². The maximum Gasteiger partial charge on any atom is 0.337 e. The van der Waals surface area contributed by atoms with Crippen LogP contribution in [0.5, 0.6) is 0 Å². The highest BCUT2D eigenvalue weighted by Gasteiger charge is 2.10. The number of ether oxygens (including phenoxy) is 1. The Hall–Kier alpha value is -3.48. The van der Waals surface area contributed by atoms with E-state index in [4.69, 9.17) is 4.74 Å². The van der Waals surface area contributed by atoms with Crippen LogP contribution >= 0.6 is 0 Å². The zero-order chi connectivity index (χ0) is 19.9. The molecule has 144 valence electrons. The first-order valence-corrected chi connectivity index (χ1v) is 9.11. The fraction of sp³-hybridized carbons (Fsp3) is 0.238. The number of methoxy groups -OCH3 is 1. The van der Waals surface area contributed by atoms with Crippen molar-refractivity contribution in [3.8, 4) is 11.4 Å². The summed E-state index contributed by atoms with van der Waals surface area (Å²) in [5, 5.41) is 6.57. The number of aromatic nitrogens is 3. The molecule has 2 heterocycles. The summed E-state index contributed by atoms with van der Waals surface area (Å²) in [6.45, 7) is 4.18. The van der Waals surface area contributed by atoms with E-state index in [1.54, 1.807) is 30.5 Å². The summed E-state index contributed by atoms with van der Waals surface area (Å²) in [5.41, 5.74) is 2.77. The summed E-state index contributed by atoms with van der Waals surface area (Å²) in [6.07, 6.45) is 2.69. The van der Waals surface area contributed by atoms with E-state index in [-0.39, 0.29) is 12.0 Å². The van der Waals surface area contributed by atoms with Gasteiger partial charge in [0.2, 0.25) is 5.95 Å². The lowest BCUT2D eigenvalue weighted by atomic mass is 10.2. The fourth-order valence-electron chi connectivity index (χ4n) is 2.50. The van der Waals surface area contributed by atoms with E-state index in [1.165, 1.54) is 7.11 Å². The largest absolute Gasteiger partial charge is 0.465 e. The summed E-state index contributed by atoms with van der Waals surface area (Å²) < 4.78 is 4.73. The molecule has 1 atom stereocenters. The Balaban J connectivity index is 1.90. The standard InChI is InChI=1S/C21H23N5O2/c1-4-14(2)23-21-25-18(17-7-5-6-12-22-17)13-19(26-21)24-16-10-8-15(9-11-16)20(27)28-3/h5-14H,4H2,1-3H3,(H2,23,24,25,26)/t14-/m0/s1. The van der Waals surface area contributed by atoms with E-state index < -0.39 is 0 Å². The Morgan fingerprint density at radius 1 is 1.11 bits per heavy atom. The highest BCUT2D eigenvalue weighted by Crippen LogP contribution is 2.23. The van der Waals surface area contributed by atoms with Gasteiger partial charge in [0.25, 0.3) is 0 Å². The minimum atomic E-state index is -0.369. The molecule has 2 N–H and O–H groups in total. The molecular weight excluding hydrogens is 354 g/mol. The van der Waals surface area contributed by atoms with Crippen LogP contribution in [0.15, 0.2) is 54.7 Å². The number of carbonyl (C=O) groups is 1. The molecule has 7 heteroatoms. The number of hydrogen-bond donors (Lipinski definition) is 2. The zero-order valence-electron chi connectivity index (χ0n) is 16.1. The average Bonchev–Trinajstić information content (AvgIpc) is 2.74. The van der Waals surface area contributed by atoms with Gasteiger partial charge in [0.1, 0.15) is 5.82 Å². The van der Waals surface area contributed by atoms with Crippen LogP contribution in [0.2, 0.25) is 0 Å². The van der Waals surface area contributed by atoms with Gasteiger partial charge >= 0.3 is 5.97 Å². The molecule has 0 unspecified atom stereocenters. The second kappa shape index (κ2) is 8.94. The molecule has 0 saturated heterocycles. The molecule has 2 aromatic heterocycles. The average molecular weight is 377 g/mol. The van der Waals surface area contributed by atoms with Gasteiger partial charge < -0.3 is 15.4 Å². The number of rotatable bonds is 7. The maximum atomic E-state index is 11.6. The third kappa shape index (κ3) is 4.82. The Morgan fingerprint density at radius 2 is 1.89 bits per heavy atom. The van der Waals surface area contributed by atoms with Gasteiger partial charge in [0.05, 0.1) is 24.1 Å². The predicted molar refractivity (Wildman–Crippen MR) is 110 cm³/mol. The fourth-order valence-corrected chi connectivity index (χ4v) is 2.50. The first kappa shape index (κ1) is 19.3. The molecule has 0 saturated carbocycles. The Kier molecular flexibility index (Phi) is 6.16. The lowest BCUT2D eigenvalue weighted by molar-refractivity contribution is 0.0601. The van der Waals surface area contributed by atoms with Crippen LogP contribution in [0.4, 0.5) is 17.5 Å². The molecule has 0 amide bonds. The van der Waals surface area contributed by atoms with Gasteiger partial charge in [-0.1, -0.05) is 13.0 Å². The van der Waals surface area contributed by atoms with E-state index in [2.05, 4.69) is 39.4 Å².